The minimum Gasteiger partial charge on any atom is -0.267 e. The van der Waals surface area contributed by atoms with Gasteiger partial charge in [-0.05, 0) is 59.4 Å². The van der Waals surface area contributed by atoms with Gasteiger partial charge in [-0.25, -0.2) is 5.43 Å². The van der Waals surface area contributed by atoms with E-state index >= 15 is 0 Å². The molecule has 1 aromatic heterocycles. The average Bonchev–Trinajstić information content (AvgIpc) is 3.04. The van der Waals surface area contributed by atoms with Gasteiger partial charge in [-0.3, -0.25) is 9.78 Å². The summed E-state index contributed by atoms with van der Waals surface area (Å²) in [7, 11) is 0. The first-order chi connectivity index (χ1) is 12.2. The number of nitrogens with zero attached hydrogens (tertiary/aromatic N) is 2. The van der Waals surface area contributed by atoms with Crippen molar-refractivity contribution in [1.29, 1.82) is 0 Å². The lowest BCUT2D eigenvalue weighted by Gasteiger charge is -2.06. The number of nitrogens with one attached hydrogen (secondary N) is 1. The van der Waals surface area contributed by atoms with Crippen molar-refractivity contribution in [3.63, 3.8) is 0 Å². The molecule has 4 rings (SSSR count). The minimum atomic E-state index is -0.240. The van der Waals surface area contributed by atoms with Gasteiger partial charge >= 0.3 is 0 Å². The van der Waals surface area contributed by atoms with Crippen LogP contribution in [0.25, 0.3) is 11.1 Å². The van der Waals surface area contributed by atoms with Crippen molar-refractivity contribution in [3.05, 3.63) is 89.2 Å². The normalized spacial score (nSPS) is 12.4. The number of benzene rings is 2. The zero-order valence-electron chi connectivity index (χ0n) is 13.9. The molecule has 4 nitrogen and oxygen atoms in total. The fourth-order valence-corrected chi connectivity index (χ4v) is 3.14. The van der Waals surface area contributed by atoms with Crippen LogP contribution in [0.15, 0.2) is 72.1 Å². The van der Waals surface area contributed by atoms with Crippen molar-refractivity contribution < 1.29 is 4.79 Å². The molecule has 1 aliphatic carbocycles. The first-order valence-corrected chi connectivity index (χ1v) is 8.18. The Morgan fingerprint density at radius 1 is 0.960 bits per heavy atom. The van der Waals surface area contributed by atoms with Crippen molar-refractivity contribution in [1.82, 2.24) is 10.4 Å². The third-order valence-corrected chi connectivity index (χ3v) is 4.48. The third kappa shape index (κ3) is 2.94. The second-order valence-electron chi connectivity index (χ2n) is 6.08. The van der Waals surface area contributed by atoms with Crippen LogP contribution in [0.2, 0.25) is 0 Å². The van der Waals surface area contributed by atoms with E-state index in [4.69, 9.17) is 0 Å². The van der Waals surface area contributed by atoms with Gasteiger partial charge in [-0.15, -0.1) is 0 Å². The van der Waals surface area contributed by atoms with E-state index in [0.29, 0.717) is 5.56 Å². The first-order valence-electron chi connectivity index (χ1n) is 8.18. The second kappa shape index (κ2) is 6.32. The van der Waals surface area contributed by atoms with Gasteiger partial charge in [0.1, 0.15) is 0 Å². The molecule has 0 spiro atoms. The van der Waals surface area contributed by atoms with Crippen molar-refractivity contribution >= 4 is 11.6 Å². The summed E-state index contributed by atoms with van der Waals surface area (Å²) in [4.78, 5) is 16.0. The molecule has 25 heavy (non-hydrogen) atoms. The molecule has 0 fully saturated rings. The number of rotatable bonds is 3. The van der Waals surface area contributed by atoms with Crippen molar-refractivity contribution in [2.24, 2.45) is 5.10 Å². The van der Waals surface area contributed by atoms with E-state index in [1.807, 2.05) is 6.92 Å². The van der Waals surface area contributed by atoms with Gasteiger partial charge in [-0.1, -0.05) is 36.4 Å². The highest BCUT2D eigenvalue weighted by molar-refractivity contribution is 6.01. The maximum Gasteiger partial charge on any atom is 0.271 e. The quantitative estimate of drug-likeness (QED) is 0.459. The van der Waals surface area contributed by atoms with Gasteiger partial charge in [0.2, 0.25) is 0 Å². The molecule has 1 amide bonds. The van der Waals surface area contributed by atoms with Crippen LogP contribution >= 0.6 is 0 Å². The Labute approximate surface area is 146 Å². The van der Waals surface area contributed by atoms with Gasteiger partial charge in [0.05, 0.1) is 5.71 Å². The Bertz CT molecular complexity index is 977. The lowest BCUT2D eigenvalue weighted by Crippen LogP contribution is -2.19. The summed E-state index contributed by atoms with van der Waals surface area (Å²) >= 11 is 0. The molecule has 122 valence electrons. The van der Waals surface area contributed by atoms with Crippen molar-refractivity contribution in [2.75, 3.05) is 0 Å². The fraction of sp³-hybridized carbons (Fsp3) is 0.0952. The molecule has 1 N–H and O–H groups in total. The van der Waals surface area contributed by atoms with Crippen LogP contribution in [-0.4, -0.2) is 16.6 Å². The summed E-state index contributed by atoms with van der Waals surface area (Å²) in [5.41, 5.74) is 10.2. The zero-order valence-corrected chi connectivity index (χ0v) is 13.9. The van der Waals surface area contributed by atoms with E-state index in [1.54, 1.807) is 24.5 Å². The maximum atomic E-state index is 12.1. The maximum absolute atomic E-state index is 12.1. The molecular formula is C21H17N3O. The molecule has 0 aliphatic heterocycles. The predicted octanol–water partition coefficient (Wildman–Crippen LogP) is 3.81. The smallest absolute Gasteiger partial charge is 0.267 e. The zero-order chi connectivity index (χ0) is 17.2. The lowest BCUT2D eigenvalue weighted by molar-refractivity contribution is 0.0954. The summed E-state index contributed by atoms with van der Waals surface area (Å²) in [6.07, 6.45) is 4.11. The molecule has 1 aliphatic rings. The van der Waals surface area contributed by atoms with Crippen LogP contribution in [0.3, 0.4) is 0 Å². The monoisotopic (exact) mass is 327 g/mol. The van der Waals surface area contributed by atoms with Crippen LogP contribution in [0, 0.1) is 0 Å². The molecule has 0 saturated heterocycles. The number of amides is 1. The highest BCUT2D eigenvalue weighted by Crippen LogP contribution is 2.36. The van der Waals surface area contributed by atoms with Gasteiger partial charge < -0.3 is 0 Å². The van der Waals surface area contributed by atoms with Gasteiger partial charge in [0.15, 0.2) is 0 Å². The number of hydrogen-bond acceptors (Lipinski definition) is 3. The summed E-state index contributed by atoms with van der Waals surface area (Å²) in [6, 6.07) is 18.2. The van der Waals surface area contributed by atoms with Crippen LogP contribution in [-0.2, 0) is 6.42 Å². The number of pyridine rings is 1. The Morgan fingerprint density at radius 3 is 2.56 bits per heavy atom. The Balaban J connectivity index is 1.55. The third-order valence-electron chi connectivity index (χ3n) is 4.48. The van der Waals surface area contributed by atoms with Gasteiger partial charge in [0, 0.05) is 18.0 Å². The summed E-state index contributed by atoms with van der Waals surface area (Å²) in [6.45, 7) is 1.90. The predicted molar refractivity (Wildman–Crippen MR) is 98.6 cm³/mol. The fourth-order valence-electron chi connectivity index (χ4n) is 3.14. The van der Waals surface area contributed by atoms with E-state index in [2.05, 4.69) is 58.0 Å². The lowest BCUT2D eigenvalue weighted by atomic mass is 10.0. The molecule has 1 heterocycles. The molecule has 0 atom stereocenters. The number of aromatic nitrogens is 1. The Morgan fingerprint density at radius 2 is 1.72 bits per heavy atom. The Hall–Kier alpha value is -3.27. The molecule has 3 aromatic rings. The first kappa shape index (κ1) is 15.3. The summed E-state index contributed by atoms with van der Waals surface area (Å²) in [5, 5.41) is 4.24. The van der Waals surface area contributed by atoms with Crippen LogP contribution < -0.4 is 5.43 Å². The van der Waals surface area contributed by atoms with E-state index < -0.39 is 0 Å². The largest absolute Gasteiger partial charge is 0.271 e. The van der Waals surface area contributed by atoms with E-state index in [1.165, 1.54) is 22.3 Å². The summed E-state index contributed by atoms with van der Waals surface area (Å²) < 4.78 is 0. The minimum absolute atomic E-state index is 0.240. The van der Waals surface area contributed by atoms with Crippen LogP contribution in [0.5, 0.6) is 0 Å². The van der Waals surface area contributed by atoms with Crippen LogP contribution in [0.4, 0.5) is 0 Å². The number of hydrogen-bond donors (Lipinski definition) is 1. The molecule has 0 saturated carbocycles. The highest BCUT2D eigenvalue weighted by Gasteiger charge is 2.18. The van der Waals surface area contributed by atoms with Crippen molar-refractivity contribution in [3.8, 4) is 11.1 Å². The number of hydrazone groups is 1. The number of carbonyl (C=O) groups excluding carboxylic acids is 1. The van der Waals surface area contributed by atoms with Crippen molar-refractivity contribution in [2.45, 2.75) is 13.3 Å². The molecule has 0 bridgehead atoms. The van der Waals surface area contributed by atoms with E-state index in [9.17, 15) is 4.79 Å². The highest BCUT2D eigenvalue weighted by atomic mass is 16.2. The SMILES string of the molecule is C/C(=N\NC(=O)c1ccncc1)c1ccc2c(c1)Cc1ccccc1-2. The Kier molecular flexibility index (Phi) is 3.86. The molecule has 0 radical (unpaired) electrons. The van der Waals surface area contributed by atoms with E-state index in [0.717, 1.165) is 17.7 Å². The second-order valence-corrected chi connectivity index (χ2v) is 6.08. The number of carbonyl (C=O) groups is 1. The standard InChI is InChI=1S/C21H17N3O/c1-14(23-24-21(25)15-8-10-22-11-9-15)16-6-7-20-18(12-16)13-17-4-2-3-5-19(17)20/h2-12H,13H2,1H3,(H,24,25)/b23-14+. The van der Waals surface area contributed by atoms with Crippen LogP contribution in [0.1, 0.15) is 34.0 Å². The topological polar surface area (TPSA) is 54.4 Å². The molecular weight excluding hydrogens is 310 g/mol. The van der Waals surface area contributed by atoms with E-state index in [-0.39, 0.29) is 5.91 Å². The average molecular weight is 327 g/mol. The van der Waals surface area contributed by atoms with Gasteiger partial charge in [-0.2, -0.15) is 5.10 Å². The van der Waals surface area contributed by atoms with Gasteiger partial charge in [0.25, 0.3) is 5.91 Å². The number of fused-ring (bicyclic) bond motifs is 3. The molecule has 0 unspecified atom stereocenters. The summed E-state index contributed by atoms with van der Waals surface area (Å²) in [5.74, 6) is -0.240. The molecule has 4 heteroatoms. The molecule has 2 aromatic carbocycles.